The second-order valence-electron chi connectivity index (χ2n) is 4.02. The van der Waals surface area contributed by atoms with E-state index in [9.17, 15) is 8.42 Å². The Kier molecular flexibility index (Phi) is 3.86. The van der Waals surface area contributed by atoms with E-state index in [2.05, 4.69) is 5.10 Å². The Morgan fingerprint density at radius 2 is 2.21 bits per heavy atom. The average molecular weight is 321 g/mol. The highest BCUT2D eigenvalue weighted by Crippen LogP contribution is 2.25. The van der Waals surface area contributed by atoms with Crippen LogP contribution < -0.4 is 5.73 Å². The summed E-state index contributed by atoms with van der Waals surface area (Å²) >= 11 is 7.16. The van der Waals surface area contributed by atoms with E-state index >= 15 is 0 Å². The Morgan fingerprint density at radius 3 is 2.68 bits per heavy atom. The number of aryl methyl sites for hydroxylation is 1. The van der Waals surface area contributed by atoms with Gasteiger partial charge in [-0.1, -0.05) is 11.6 Å². The number of nitrogen functional groups attached to an aromatic ring is 1. The maximum absolute atomic E-state index is 12.3. The van der Waals surface area contributed by atoms with Crippen LogP contribution in [0, 0.1) is 0 Å². The van der Waals surface area contributed by atoms with E-state index in [-0.39, 0.29) is 17.3 Å². The maximum Gasteiger partial charge on any atom is 0.248 e. The first kappa shape index (κ1) is 14.3. The van der Waals surface area contributed by atoms with E-state index in [1.165, 1.54) is 33.6 Å². The summed E-state index contributed by atoms with van der Waals surface area (Å²) in [6, 6.07) is 3.53. The molecule has 0 atom stereocenters. The summed E-state index contributed by atoms with van der Waals surface area (Å²) in [5.41, 5.74) is 5.61. The molecule has 0 aliphatic carbocycles. The molecule has 0 aromatic carbocycles. The molecule has 0 saturated carbocycles. The Bertz CT molecular complexity index is 692. The summed E-state index contributed by atoms with van der Waals surface area (Å²) in [6.07, 6.45) is 1.39. The summed E-state index contributed by atoms with van der Waals surface area (Å²) in [6.45, 7) is 0.244. The zero-order valence-electron chi connectivity index (χ0n) is 10.4. The average Bonchev–Trinajstić information content (AvgIpc) is 2.85. The number of sulfonamides is 1. The number of hydrogen-bond donors (Lipinski definition) is 1. The Morgan fingerprint density at radius 1 is 1.53 bits per heavy atom. The summed E-state index contributed by atoms with van der Waals surface area (Å²) in [5.74, 6) is -0.00133. The topological polar surface area (TPSA) is 81.2 Å². The lowest BCUT2D eigenvalue weighted by Gasteiger charge is -2.15. The molecule has 0 fully saturated rings. The van der Waals surface area contributed by atoms with Gasteiger partial charge in [-0.2, -0.15) is 9.40 Å². The van der Waals surface area contributed by atoms with E-state index in [1.807, 2.05) is 0 Å². The van der Waals surface area contributed by atoms with Gasteiger partial charge in [0.25, 0.3) is 0 Å². The summed E-state index contributed by atoms with van der Waals surface area (Å²) in [7, 11) is -0.534. The first-order valence-electron chi connectivity index (χ1n) is 5.30. The van der Waals surface area contributed by atoms with E-state index in [1.54, 1.807) is 19.2 Å². The third-order valence-electron chi connectivity index (χ3n) is 2.52. The molecule has 2 rings (SSSR count). The first-order valence-corrected chi connectivity index (χ1v) is 7.94. The van der Waals surface area contributed by atoms with Gasteiger partial charge in [0.15, 0.2) is 5.82 Å². The van der Waals surface area contributed by atoms with Gasteiger partial charge in [-0.15, -0.1) is 11.3 Å². The third kappa shape index (κ3) is 2.92. The van der Waals surface area contributed by atoms with Crippen molar-refractivity contribution >= 4 is 38.8 Å². The molecule has 0 bridgehead atoms. The van der Waals surface area contributed by atoms with E-state index in [0.717, 1.165) is 4.88 Å². The molecule has 2 aromatic rings. The molecule has 0 radical (unpaired) electrons. The Hall–Kier alpha value is -1.09. The first-order chi connectivity index (χ1) is 8.80. The molecule has 0 unspecified atom stereocenters. The molecule has 2 aromatic heterocycles. The Balaban J connectivity index is 2.27. The molecule has 104 valence electrons. The van der Waals surface area contributed by atoms with Crippen LogP contribution >= 0.6 is 22.9 Å². The molecule has 2 N–H and O–H groups in total. The predicted octanol–water partition coefficient (Wildman–Crippen LogP) is 1.54. The minimum Gasteiger partial charge on any atom is -0.381 e. The number of hydrogen-bond acceptors (Lipinski definition) is 5. The van der Waals surface area contributed by atoms with E-state index in [0.29, 0.717) is 4.34 Å². The number of halogens is 1. The smallest absolute Gasteiger partial charge is 0.248 e. The summed E-state index contributed by atoms with van der Waals surface area (Å²) in [5, 5.41) is 3.84. The fourth-order valence-electron chi connectivity index (χ4n) is 1.59. The number of anilines is 1. The largest absolute Gasteiger partial charge is 0.381 e. The number of thiophene rings is 1. The molecule has 0 aliphatic rings. The van der Waals surface area contributed by atoms with Crippen LogP contribution in [0.5, 0.6) is 0 Å². The van der Waals surface area contributed by atoms with Gasteiger partial charge < -0.3 is 5.73 Å². The van der Waals surface area contributed by atoms with Crippen LogP contribution in [0.25, 0.3) is 0 Å². The van der Waals surface area contributed by atoms with Crippen LogP contribution in [0.3, 0.4) is 0 Å². The highest BCUT2D eigenvalue weighted by atomic mass is 35.5. The lowest BCUT2D eigenvalue weighted by Crippen LogP contribution is -2.26. The molecule has 0 aliphatic heterocycles. The zero-order valence-corrected chi connectivity index (χ0v) is 12.8. The number of nitrogens with zero attached hydrogens (tertiary/aromatic N) is 3. The van der Waals surface area contributed by atoms with E-state index < -0.39 is 10.0 Å². The highest BCUT2D eigenvalue weighted by Gasteiger charge is 2.26. The quantitative estimate of drug-likeness (QED) is 0.926. The van der Waals surface area contributed by atoms with Gasteiger partial charge in [0.2, 0.25) is 10.0 Å². The number of rotatable bonds is 4. The van der Waals surface area contributed by atoms with Gasteiger partial charge in [0.05, 0.1) is 4.34 Å². The minimum atomic E-state index is -3.65. The maximum atomic E-state index is 12.3. The van der Waals surface area contributed by atoms with Gasteiger partial charge in [-0.05, 0) is 12.1 Å². The molecule has 0 amide bonds. The summed E-state index contributed by atoms with van der Waals surface area (Å²) in [4.78, 5) is 0.874. The monoisotopic (exact) mass is 320 g/mol. The van der Waals surface area contributed by atoms with Crippen LogP contribution in [-0.4, -0.2) is 29.6 Å². The molecule has 0 saturated heterocycles. The van der Waals surface area contributed by atoms with Crippen molar-refractivity contribution in [2.24, 2.45) is 7.05 Å². The molecule has 6 nitrogen and oxygen atoms in total. The van der Waals surface area contributed by atoms with Crippen LogP contribution in [0.2, 0.25) is 4.34 Å². The number of aromatic nitrogens is 2. The van der Waals surface area contributed by atoms with Gasteiger partial charge in [0.1, 0.15) is 4.90 Å². The Labute approximate surface area is 120 Å². The lowest BCUT2D eigenvalue weighted by atomic mass is 10.5. The van der Waals surface area contributed by atoms with Crippen molar-refractivity contribution in [2.75, 3.05) is 12.8 Å². The van der Waals surface area contributed by atoms with Crippen molar-refractivity contribution in [2.45, 2.75) is 11.4 Å². The SMILES string of the molecule is CN(Cc1ccc(Cl)s1)S(=O)(=O)c1cn(C)nc1N. The second kappa shape index (κ2) is 5.12. The van der Waals surface area contributed by atoms with Crippen molar-refractivity contribution < 1.29 is 8.42 Å². The highest BCUT2D eigenvalue weighted by molar-refractivity contribution is 7.89. The zero-order chi connectivity index (χ0) is 14.2. The molecule has 0 spiro atoms. The van der Waals surface area contributed by atoms with Gasteiger partial charge in [-0.25, -0.2) is 8.42 Å². The van der Waals surface area contributed by atoms with Crippen molar-refractivity contribution in [3.05, 3.63) is 27.5 Å². The van der Waals surface area contributed by atoms with Gasteiger partial charge in [0, 0.05) is 31.7 Å². The summed E-state index contributed by atoms with van der Waals surface area (Å²) < 4.78 is 27.9. The van der Waals surface area contributed by atoms with Crippen molar-refractivity contribution in [3.63, 3.8) is 0 Å². The van der Waals surface area contributed by atoms with Crippen LogP contribution in [0.15, 0.2) is 23.2 Å². The standard InChI is InChI=1S/C10H13ClN4O2S2/c1-14-6-8(10(12)13-14)19(16,17)15(2)5-7-3-4-9(11)18-7/h3-4,6H,5H2,1-2H3,(H2,12,13). The molecule has 19 heavy (non-hydrogen) atoms. The molecule has 9 heteroatoms. The number of nitrogens with two attached hydrogens (primary N) is 1. The van der Waals surface area contributed by atoms with Crippen LogP contribution in [0.4, 0.5) is 5.82 Å². The molecular weight excluding hydrogens is 308 g/mol. The lowest BCUT2D eigenvalue weighted by molar-refractivity contribution is 0.470. The molecular formula is C10H13ClN4O2S2. The third-order valence-corrected chi connectivity index (χ3v) is 5.55. The predicted molar refractivity (Wildman–Crippen MR) is 75.6 cm³/mol. The van der Waals surface area contributed by atoms with Crippen molar-refractivity contribution in [1.82, 2.24) is 14.1 Å². The second-order valence-corrected chi connectivity index (χ2v) is 7.83. The van der Waals surface area contributed by atoms with Crippen molar-refractivity contribution in [1.29, 1.82) is 0 Å². The fourth-order valence-corrected chi connectivity index (χ4v) is 4.05. The normalized spacial score (nSPS) is 12.2. The molecule has 2 heterocycles. The van der Waals surface area contributed by atoms with Crippen LogP contribution in [0.1, 0.15) is 4.88 Å². The van der Waals surface area contributed by atoms with Gasteiger partial charge in [-0.3, -0.25) is 4.68 Å². The van der Waals surface area contributed by atoms with Crippen molar-refractivity contribution in [3.8, 4) is 0 Å². The van der Waals surface area contributed by atoms with Crippen LogP contribution in [-0.2, 0) is 23.6 Å². The van der Waals surface area contributed by atoms with E-state index in [4.69, 9.17) is 17.3 Å². The fraction of sp³-hybridized carbons (Fsp3) is 0.300. The van der Waals surface area contributed by atoms with Gasteiger partial charge >= 0.3 is 0 Å². The minimum absolute atomic E-state index is 0.00133.